The summed E-state index contributed by atoms with van der Waals surface area (Å²) in [5.41, 5.74) is 1.80. The third kappa shape index (κ3) is 1.65. The van der Waals surface area contributed by atoms with Crippen LogP contribution >= 0.6 is 11.3 Å². The molecule has 0 bridgehead atoms. The fraction of sp³-hybridized carbons (Fsp3) is 0.636. The second-order valence-electron chi connectivity index (χ2n) is 3.90. The number of thiophene rings is 1. The van der Waals surface area contributed by atoms with Gasteiger partial charge < -0.3 is 5.32 Å². The summed E-state index contributed by atoms with van der Waals surface area (Å²) in [6.45, 7) is 0. The molecule has 1 aliphatic carbocycles. The Bertz CT molecular complexity index is 247. The van der Waals surface area contributed by atoms with Crippen LogP contribution in [0.2, 0.25) is 0 Å². The van der Waals surface area contributed by atoms with Gasteiger partial charge in [-0.25, -0.2) is 0 Å². The fourth-order valence-electron chi connectivity index (χ4n) is 2.38. The number of hydrogen-bond acceptors (Lipinski definition) is 2. The Kier molecular flexibility index (Phi) is 2.70. The van der Waals surface area contributed by atoms with Gasteiger partial charge in [-0.2, -0.15) is 11.3 Å². The van der Waals surface area contributed by atoms with E-state index in [-0.39, 0.29) is 0 Å². The molecule has 0 atom stereocenters. The first-order valence-electron chi connectivity index (χ1n) is 5.09. The molecule has 1 aromatic heterocycles. The summed E-state index contributed by atoms with van der Waals surface area (Å²) in [6.07, 6.45) is 6.77. The van der Waals surface area contributed by atoms with Crippen LogP contribution in [0.25, 0.3) is 0 Å². The smallest absolute Gasteiger partial charge is 0.0440 e. The molecule has 1 aliphatic rings. The van der Waals surface area contributed by atoms with Crippen molar-refractivity contribution in [1.29, 1.82) is 0 Å². The lowest BCUT2D eigenvalue weighted by Gasteiger charge is -2.36. The van der Waals surface area contributed by atoms with E-state index in [1.54, 1.807) is 0 Å². The van der Waals surface area contributed by atoms with Gasteiger partial charge in [0.2, 0.25) is 0 Å². The van der Waals surface area contributed by atoms with Crippen molar-refractivity contribution in [2.45, 2.75) is 37.6 Å². The average Bonchev–Trinajstić information content (AvgIpc) is 2.72. The molecule has 1 nitrogen and oxygen atoms in total. The van der Waals surface area contributed by atoms with Gasteiger partial charge in [0.05, 0.1) is 0 Å². The Morgan fingerprint density at radius 3 is 2.62 bits per heavy atom. The second-order valence-corrected chi connectivity index (χ2v) is 4.68. The summed E-state index contributed by atoms with van der Waals surface area (Å²) in [7, 11) is 2.10. The van der Waals surface area contributed by atoms with Crippen molar-refractivity contribution >= 4 is 11.3 Å². The third-order valence-corrected chi connectivity index (χ3v) is 3.94. The summed E-state index contributed by atoms with van der Waals surface area (Å²) in [6, 6.07) is 2.27. The van der Waals surface area contributed by atoms with E-state index in [4.69, 9.17) is 0 Å². The molecule has 1 saturated carbocycles. The van der Waals surface area contributed by atoms with Gasteiger partial charge in [0.25, 0.3) is 0 Å². The summed E-state index contributed by atoms with van der Waals surface area (Å²) in [4.78, 5) is 0. The maximum Gasteiger partial charge on any atom is 0.0440 e. The maximum absolute atomic E-state index is 3.53. The van der Waals surface area contributed by atoms with Crippen molar-refractivity contribution in [3.63, 3.8) is 0 Å². The molecule has 1 fully saturated rings. The molecule has 2 heteroatoms. The van der Waals surface area contributed by atoms with E-state index in [1.165, 1.54) is 37.7 Å². The monoisotopic (exact) mass is 195 g/mol. The lowest BCUT2D eigenvalue weighted by Crippen LogP contribution is -2.41. The summed E-state index contributed by atoms with van der Waals surface area (Å²) >= 11 is 1.81. The van der Waals surface area contributed by atoms with Gasteiger partial charge in [0.15, 0.2) is 0 Å². The fourth-order valence-corrected chi connectivity index (χ4v) is 3.13. The van der Waals surface area contributed by atoms with Crippen molar-refractivity contribution in [3.05, 3.63) is 22.4 Å². The second kappa shape index (κ2) is 3.81. The van der Waals surface area contributed by atoms with Crippen molar-refractivity contribution in [1.82, 2.24) is 5.32 Å². The Hall–Kier alpha value is -0.340. The van der Waals surface area contributed by atoms with Gasteiger partial charge in [-0.15, -0.1) is 0 Å². The molecule has 0 amide bonds. The predicted octanol–water partition coefficient (Wildman–Crippen LogP) is 3.13. The molecule has 0 aromatic carbocycles. The Balaban J connectivity index is 2.23. The first-order chi connectivity index (χ1) is 6.37. The largest absolute Gasteiger partial charge is 0.310 e. The molecule has 0 radical (unpaired) electrons. The van der Waals surface area contributed by atoms with Crippen LogP contribution in [0.1, 0.15) is 37.7 Å². The van der Waals surface area contributed by atoms with E-state index in [2.05, 4.69) is 29.2 Å². The summed E-state index contributed by atoms with van der Waals surface area (Å²) < 4.78 is 0. The van der Waals surface area contributed by atoms with Gasteiger partial charge in [0.1, 0.15) is 0 Å². The average molecular weight is 195 g/mol. The van der Waals surface area contributed by atoms with Crippen molar-refractivity contribution in [2.75, 3.05) is 7.05 Å². The van der Waals surface area contributed by atoms with Crippen LogP contribution in [-0.4, -0.2) is 7.05 Å². The minimum absolute atomic E-state index is 0.304. The molecule has 0 saturated heterocycles. The van der Waals surface area contributed by atoms with Crippen LogP contribution in [0.15, 0.2) is 16.8 Å². The van der Waals surface area contributed by atoms with Crippen LogP contribution in [0.4, 0.5) is 0 Å². The van der Waals surface area contributed by atoms with E-state index in [0.29, 0.717) is 5.54 Å². The lowest BCUT2D eigenvalue weighted by atomic mass is 9.78. The van der Waals surface area contributed by atoms with Gasteiger partial charge in [-0.05, 0) is 42.3 Å². The number of nitrogens with one attached hydrogen (secondary N) is 1. The van der Waals surface area contributed by atoms with Gasteiger partial charge >= 0.3 is 0 Å². The normalized spacial score (nSPS) is 21.6. The Morgan fingerprint density at radius 1 is 1.31 bits per heavy atom. The summed E-state index contributed by atoms with van der Waals surface area (Å²) in [5.74, 6) is 0. The Morgan fingerprint density at radius 2 is 2.08 bits per heavy atom. The molecular weight excluding hydrogens is 178 g/mol. The Labute approximate surface area is 84.2 Å². The van der Waals surface area contributed by atoms with Gasteiger partial charge in [0, 0.05) is 5.54 Å². The van der Waals surface area contributed by atoms with Crippen LogP contribution in [0.3, 0.4) is 0 Å². The zero-order chi connectivity index (χ0) is 9.15. The van der Waals surface area contributed by atoms with E-state index in [9.17, 15) is 0 Å². The van der Waals surface area contributed by atoms with Crippen molar-refractivity contribution in [2.24, 2.45) is 0 Å². The minimum Gasteiger partial charge on any atom is -0.310 e. The third-order valence-electron chi connectivity index (χ3n) is 3.26. The topological polar surface area (TPSA) is 12.0 Å². The molecule has 1 N–H and O–H groups in total. The number of hydrogen-bond donors (Lipinski definition) is 1. The van der Waals surface area contributed by atoms with Gasteiger partial charge in [-0.3, -0.25) is 0 Å². The molecule has 2 rings (SSSR count). The molecule has 1 heterocycles. The standard InChI is InChI=1S/C11H17NS/c1-12-11(6-3-2-4-7-11)10-5-8-13-9-10/h5,8-9,12H,2-4,6-7H2,1H3. The molecule has 0 aliphatic heterocycles. The first kappa shape index (κ1) is 9.22. The van der Waals surface area contributed by atoms with E-state index in [1.807, 2.05) is 11.3 Å². The molecular formula is C11H17NS. The number of rotatable bonds is 2. The highest BCUT2D eigenvalue weighted by atomic mass is 32.1. The lowest BCUT2D eigenvalue weighted by molar-refractivity contribution is 0.251. The van der Waals surface area contributed by atoms with Crippen LogP contribution in [-0.2, 0) is 5.54 Å². The molecule has 1 aromatic rings. The van der Waals surface area contributed by atoms with Gasteiger partial charge in [-0.1, -0.05) is 19.3 Å². The van der Waals surface area contributed by atoms with E-state index < -0.39 is 0 Å². The van der Waals surface area contributed by atoms with E-state index >= 15 is 0 Å². The highest BCUT2D eigenvalue weighted by Crippen LogP contribution is 2.37. The van der Waals surface area contributed by atoms with Crippen molar-refractivity contribution < 1.29 is 0 Å². The SMILES string of the molecule is CNC1(c2ccsc2)CCCCC1. The molecule has 0 spiro atoms. The van der Waals surface area contributed by atoms with Crippen LogP contribution in [0.5, 0.6) is 0 Å². The van der Waals surface area contributed by atoms with Crippen LogP contribution < -0.4 is 5.32 Å². The quantitative estimate of drug-likeness (QED) is 0.764. The van der Waals surface area contributed by atoms with Crippen molar-refractivity contribution in [3.8, 4) is 0 Å². The zero-order valence-electron chi connectivity index (χ0n) is 8.18. The highest BCUT2D eigenvalue weighted by Gasteiger charge is 2.31. The molecule has 13 heavy (non-hydrogen) atoms. The summed E-state index contributed by atoms with van der Waals surface area (Å²) in [5, 5.41) is 8.00. The van der Waals surface area contributed by atoms with Crippen LogP contribution in [0, 0.1) is 0 Å². The predicted molar refractivity (Wildman–Crippen MR) is 58.1 cm³/mol. The highest BCUT2D eigenvalue weighted by molar-refractivity contribution is 7.08. The maximum atomic E-state index is 3.53. The molecule has 0 unspecified atom stereocenters. The first-order valence-corrected chi connectivity index (χ1v) is 6.03. The van der Waals surface area contributed by atoms with E-state index in [0.717, 1.165) is 0 Å². The zero-order valence-corrected chi connectivity index (χ0v) is 8.99. The minimum atomic E-state index is 0.304. The molecule has 72 valence electrons.